The Hall–Kier alpha value is -2.73. The Bertz CT molecular complexity index is 883. The molecule has 2 aromatic carbocycles. The number of anilines is 1. The lowest BCUT2D eigenvalue weighted by molar-refractivity contribution is -0.156. The van der Waals surface area contributed by atoms with Gasteiger partial charge >= 0.3 is 5.97 Å². The van der Waals surface area contributed by atoms with Crippen molar-refractivity contribution < 1.29 is 19.1 Å². The molecule has 0 bridgehead atoms. The van der Waals surface area contributed by atoms with Crippen LogP contribution in [0.4, 0.5) is 5.69 Å². The number of rotatable bonds is 6. The van der Waals surface area contributed by atoms with E-state index in [1.54, 1.807) is 30.1 Å². The highest BCUT2D eigenvalue weighted by molar-refractivity contribution is 6.30. The minimum Gasteiger partial charge on any atom is -0.492 e. The van der Waals surface area contributed by atoms with Crippen molar-refractivity contribution in [3.63, 3.8) is 0 Å². The van der Waals surface area contributed by atoms with E-state index < -0.39 is 11.9 Å². The van der Waals surface area contributed by atoms with Gasteiger partial charge in [0.05, 0.1) is 5.92 Å². The van der Waals surface area contributed by atoms with Crippen molar-refractivity contribution in [2.75, 3.05) is 39.3 Å². The Morgan fingerprint density at radius 1 is 1.14 bits per heavy atom. The van der Waals surface area contributed by atoms with E-state index in [9.17, 15) is 9.59 Å². The van der Waals surface area contributed by atoms with Crippen LogP contribution in [-0.2, 0) is 27.3 Å². The van der Waals surface area contributed by atoms with Crippen molar-refractivity contribution >= 4 is 29.2 Å². The molecule has 154 valence electrons. The van der Waals surface area contributed by atoms with Gasteiger partial charge in [-0.15, -0.1) is 0 Å². The van der Waals surface area contributed by atoms with Gasteiger partial charge in [-0.3, -0.25) is 9.59 Å². The molecule has 1 unspecified atom stereocenters. The fourth-order valence-electron chi connectivity index (χ4n) is 3.14. The van der Waals surface area contributed by atoms with Crippen molar-refractivity contribution in [1.82, 2.24) is 4.90 Å². The Balaban J connectivity index is 1.49. The molecule has 7 heteroatoms. The molecule has 1 amide bonds. The first kappa shape index (κ1) is 21.0. The molecule has 0 spiro atoms. The quantitative estimate of drug-likeness (QED) is 0.677. The highest BCUT2D eigenvalue weighted by atomic mass is 35.5. The van der Waals surface area contributed by atoms with Gasteiger partial charge in [0.2, 0.25) is 0 Å². The highest BCUT2D eigenvalue weighted by Gasteiger charge is 2.28. The lowest BCUT2D eigenvalue weighted by Gasteiger charge is -2.24. The fourth-order valence-corrected chi connectivity index (χ4v) is 3.33. The van der Waals surface area contributed by atoms with E-state index in [0.717, 1.165) is 22.6 Å². The monoisotopic (exact) mass is 416 g/mol. The lowest BCUT2D eigenvalue weighted by atomic mass is 9.97. The maximum absolute atomic E-state index is 12.4. The predicted octanol–water partition coefficient (Wildman–Crippen LogP) is 3.16. The van der Waals surface area contributed by atoms with Crippen molar-refractivity contribution in [2.24, 2.45) is 5.92 Å². The molecule has 0 aromatic heterocycles. The molecule has 1 aliphatic rings. The van der Waals surface area contributed by atoms with Crippen LogP contribution in [0.5, 0.6) is 5.75 Å². The lowest BCUT2D eigenvalue weighted by Crippen LogP contribution is -2.34. The summed E-state index contributed by atoms with van der Waals surface area (Å²) in [5.41, 5.74) is 2.97. The van der Waals surface area contributed by atoms with Crippen LogP contribution in [0.2, 0.25) is 5.02 Å². The molecule has 1 atom stereocenters. The number of likely N-dealkylation sites (N-methyl/N-ethyl adjacent to an activating group) is 1. The number of carbonyl (C=O) groups is 2. The number of benzene rings is 2. The number of carbonyl (C=O) groups excluding carboxylic acids is 2. The van der Waals surface area contributed by atoms with Gasteiger partial charge in [0.25, 0.3) is 5.91 Å². The van der Waals surface area contributed by atoms with E-state index in [0.29, 0.717) is 18.0 Å². The van der Waals surface area contributed by atoms with Crippen LogP contribution in [0.3, 0.4) is 0 Å². The van der Waals surface area contributed by atoms with Gasteiger partial charge in [-0.2, -0.15) is 0 Å². The predicted molar refractivity (Wildman–Crippen MR) is 112 cm³/mol. The summed E-state index contributed by atoms with van der Waals surface area (Å²) in [6, 6.07) is 13.3. The molecule has 29 heavy (non-hydrogen) atoms. The number of nitrogens with zero attached hydrogens (tertiary/aromatic N) is 2. The number of ether oxygens (including phenoxy) is 2. The van der Waals surface area contributed by atoms with Crippen LogP contribution < -0.4 is 9.64 Å². The average molecular weight is 417 g/mol. The highest BCUT2D eigenvalue weighted by Crippen LogP contribution is 2.30. The molecule has 2 aromatic rings. The molecule has 0 fully saturated rings. The second-order valence-electron chi connectivity index (χ2n) is 7.38. The first-order valence-electron chi connectivity index (χ1n) is 9.41. The summed E-state index contributed by atoms with van der Waals surface area (Å²) in [5, 5.41) is 0.594. The molecular weight excluding hydrogens is 392 g/mol. The minimum absolute atomic E-state index is 0.232. The summed E-state index contributed by atoms with van der Waals surface area (Å²) in [6.07, 6.45) is 0.483. The second kappa shape index (κ2) is 9.18. The summed E-state index contributed by atoms with van der Waals surface area (Å²) >= 11 is 6.01. The zero-order chi connectivity index (χ0) is 21.0. The normalized spacial score (nSPS) is 15.1. The third kappa shape index (κ3) is 5.41. The van der Waals surface area contributed by atoms with Gasteiger partial charge < -0.3 is 19.3 Å². The van der Waals surface area contributed by atoms with Crippen molar-refractivity contribution in [3.05, 3.63) is 58.6 Å². The van der Waals surface area contributed by atoms with Crippen LogP contribution in [0.25, 0.3) is 0 Å². The maximum Gasteiger partial charge on any atom is 0.313 e. The van der Waals surface area contributed by atoms with E-state index in [1.807, 2.05) is 43.3 Å². The Labute approximate surface area is 176 Å². The third-order valence-corrected chi connectivity index (χ3v) is 5.13. The molecule has 0 N–H and O–H groups in total. The summed E-state index contributed by atoms with van der Waals surface area (Å²) < 4.78 is 10.9. The molecule has 0 saturated carbocycles. The maximum atomic E-state index is 12.4. The van der Waals surface area contributed by atoms with Gasteiger partial charge in [0.1, 0.15) is 12.4 Å². The standard InChI is InChI=1S/C22H25ClN2O4/c1-24(2)19-7-4-15(5-8-19)12-25(3)21(26)14-29-22(27)17-10-16-11-18(23)6-9-20(16)28-13-17/h4-9,11,17H,10,12-14H2,1-3H3. The van der Waals surface area contributed by atoms with Crippen LogP contribution in [-0.4, -0.2) is 51.1 Å². The van der Waals surface area contributed by atoms with Crippen LogP contribution in [0.15, 0.2) is 42.5 Å². The summed E-state index contributed by atoms with van der Waals surface area (Å²) in [5.74, 6) is -0.407. The number of halogens is 1. The topological polar surface area (TPSA) is 59.1 Å². The first-order chi connectivity index (χ1) is 13.8. The van der Waals surface area contributed by atoms with Crippen LogP contribution in [0, 0.1) is 5.92 Å². The molecular formula is C22H25ClN2O4. The Morgan fingerprint density at radius 2 is 1.86 bits per heavy atom. The molecule has 1 heterocycles. The van der Waals surface area contributed by atoms with Crippen LogP contribution in [0.1, 0.15) is 11.1 Å². The largest absolute Gasteiger partial charge is 0.492 e. The molecule has 1 aliphatic heterocycles. The average Bonchev–Trinajstić information content (AvgIpc) is 2.71. The van der Waals surface area contributed by atoms with Gasteiger partial charge in [-0.25, -0.2) is 0 Å². The molecule has 3 rings (SSSR count). The minimum atomic E-state index is -0.447. The van der Waals surface area contributed by atoms with Crippen molar-refractivity contribution in [3.8, 4) is 5.75 Å². The number of esters is 1. The van der Waals surface area contributed by atoms with E-state index >= 15 is 0 Å². The zero-order valence-electron chi connectivity index (χ0n) is 16.9. The van der Waals surface area contributed by atoms with Gasteiger partial charge in [-0.1, -0.05) is 23.7 Å². The number of hydrogen-bond donors (Lipinski definition) is 0. The summed E-state index contributed by atoms with van der Waals surface area (Å²) in [7, 11) is 5.64. The molecule has 0 aliphatic carbocycles. The third-order valence-electron chi connectivity index (χ3n) is 4.90. The van der Waals surface area contributed by atoms with E-state index in [1.165, 1.54) is 0 Å². The van der Waals surface area contributed by atoms with E-state index in [2.05, 4.69) is 0 Å². The van der Waals surface area contributed by atoms with Gasteiger partial charge in [0, 0.05) is 38.4 Å². The first-order valence-corrected chi connectivity index (χ1v) is 9.79. The van der Waals surface area contributed by atoms with E-state index in [4.69, 9.17) is 21.1 Å². The van der Waals surface area contributed by atoms with E-state index in [-0.39, 0.29) is 19.1 Å². The number of amides is 1. The molecule has 0 saturated heterocycles. The van der Waals surface area contributed by atoms with Crippen molar-refractivity contribution in [1.29, 1.82) is 0 Å². The van der Waals surface area contributed by atoms with Gasteiger partial charge in [0.15, 0.2) is 6.61 Å². The number of hydrogen-bond acceptors (Lipinski definition) is 5. The van der Waals surface area contributed by atoms with Crippen LogP contribution >= 0.6 is 11.6 Å². The number of fused-ring (bicyclic) bond motifs is 1. The summed E-state index contributed by atoms with van der Waals surface area (Å²) in [4.78, 5) is 28.3. The Morgan fingerprint density at radius 3 is 2.55 bits per heavy atom. The SMILES string of the molecule is CN(Cc1ccc(N(C)C)cc1)C(=O)COC(=O)C1COc2ccc(Cl)cc2C1. The molecule has 0 radical (unpaired) electrons. The second-order valence-corrected chi connectivity index (χ2v) is 7.82. The Kier molecular flexibility index (Phi) is 6.64. The fraction of sp³-hybridized carbons (Fsp3) is 0.364. The van der Waals surface area contributed by atoms with Crippen molar-refractivity contribution in [2.45, 2.75) is 13.0 Å². The summed E-state index contributed by atoms with van der Waals surface area (Å²) in [6.45, 7) is 0.391. The zero-order valence-corrected chi connectivity index (χ0v) is 17.6. The smallest absolute Gasteiger partial charge is 0.313 e. The molecule has 6 nitrogen and oxygen atoms in total. The van der Waals surface area contributed by atoms with Gasteiger partial charge in [-0.05, 0) is 47.9 Å².